The molecule has 1 rings (SSSR count). The number of rotatable bonds is 3. The Bertz CT molecular complexity index is 187. The van der Waals surface area contributed by atoms with Crippen LogP contribution in [0.3, 0.4) is 0 Å². The van der Waals surface area contributed by atoms with Crippen molar-refractivity contribution in [3.8, 4) is 0 Å². The van der Waals surface area contributed by atoms with E-state index in [4.69, 9.17) is 0 Å². The van der Waals surface area contributed by atoms with Gasteiger partial charge in [-0.1, -0.05) is 20.8 Å². The van der Waals surface area contributed by atoms with Crippen molar-refractivity contribution in [3.05, 3.63) is 0 Å². The zero-order valence-electron chi connectivity index (χ0n) is 10.4. The number of nitrogens with zero attached hydrogens (tertiary/aromatic N) is 1. The molecule has 78 valence electrons. The second-order valence-corrected chi connectivity index (χ2v) is 6.22. The Labute approximate surface area is 83.5 Å². The van der Waals surface area contributed by atoms with Crippen molar-refractivity contribution < 1.29 is 0 Å². The lowest BCUT2D eigenvalue weighted by Crippen LogP contribution is -2.26. The van der Waals surface area contributed by atoms with Gasteiger partial charge in [-0.3, -0.25) is 4.90 Å². The van der Waals surface area contributed by atoms with Gasteiger partial charge in [0.05, 0.1) is 0 Å². The molecule has 1 fully saturated rings. The van der Waals surface area contributed by atoms with Crippen LogP contribution >= 0.6 is 0 Å². The van der Waals surface area contributed by atoms with E-state index < -0.39 is 0 Å². The fourth-order valence-corrected chi connectivity index (χ4v) is 1.96. The van der Waals surface area contributed by atoms with Gasteiger partial charge < -0.3 is 0 Å². The third-order valence-corrected chi connectivity index (χ3v) is 4.34. The Morgan fingerprint density at radius 3 is 1.62 bits per heavy atom. The van der Waals surface area contributed by atoms with Crippen LogP contribution < -0.4 is 0 Å². The summed E-state index contributed by atoms with van der Waals surface area (Å²) in [5.74, 6) is 0. The first-order chi connectivity index (χ1) is 5.65. The molecule has 0 saturated carbocycles. The van der Waals surface area contributed by atoms with Crippen LogP contribution in [0.25, 0.3) is 0 Å². The first-order valence-corrected chi connectivity index (χ1v) is 5.43. The summed E-state index contributed by atoms with van der Waals surface area (Å²) in [7, 11) is 0. The van der Waals surface area contributed by atoms with Crippen molar-refractivity contribution in [3.63, 3.8) is 0 Å². The van der Waals surface area contributed by atoms with Gasteiger partial charge in [0.2, 0.25) is 0 Å². The highest BCUT2D eigenvalue weighted by molar-refractivity contribution is 5.19. The van der Waals surface area contributed by atoms with Crippen molar-refractivity contribution in [1.82, 2.24) is 4.90 Å². The highest BCUT2D eigenvalue weighted by Crippen LogP contribution is 2.52. The van der Waals surface area contributed by atoms with E-state index in [-0.39, 0.29) is 0 Å². The van der Waals surface area contributed by atoms with Crippen LogP contribution in [0.5, 0.6) is 0 Å². The molecule has 1 aliphatic heterocycles. The van der Waals surface area contributed by atoms with Gasteiger partial charge in [-0.05, 0) is 39.5 Å². The molecule has 1 saturated heterocycles. The van der Waals surface area contributed by atoms with E-state index in [2.05, 4.69) is 53.4 Å². The highest BCUT2D eigenvalue weighted by atomic mass is 15.4. The lowest BCUT2D eigenvalue weighted by atomic mass is 9.90. The summed E-state index contributed by atoms with van der Waals surface area (Å²) in [4.78, 5) is 2.61. The maximum absolute atomic E-state index is 2.61. The SMILES string of the molecule is CCC(C)(C)CN1C(C)(C)C1(C)C. The molecule has 0 unspecified atom stereocenters. The van der Waals surface area contributed by atoms with Crippen molar-refractivity contribution in [2.75, 3.05) is 6.54 Å². The second kappa shape index (κ2) is 2.73. The van der Waals surface area contributed by atoms with Crippen molar-refractivity contribution >= 4 is 0 Å². The molecule has 1 heteroatoms. The molecule has 1 nitrogen and oxygen atoms in total. The van der Waals surface area contributed by atoms with Gasteiger partial charge in [0.15, 0.2) is 0 Å². The zero-order chi connectivity index (χ0) is 10.5. The van der Waals surface area contributed by atoms with E-state index in [1.807, 2.05) is 0 Å². The molecule has 1 aliphatic rings. The summed E-state index contributed by atoms with van der Waals surface area (Å²) < 4.78 is 0. The zero-order valence-corrected chi connectivity index (χ0v) is 10.4. The normalized spacial score (nSPS) is 26.1. The summed E-state index contributed by atoms with van der Waals surface area (Å²) in [5.41, 5.74) is 1.27. The number of hydrogen-bond acceptors (Lipinski definition) is 1. The first-order valence-electron chi connectivity index (χ1n) is 5.43. The van der Waals surface area contributed by atoms with E-state index in [9.17, 15) is 0 Å². The van der Waals surface area contributed by atoms with E-state index in [1.165, 1.54) is 13.0 Å². The van der Waals surface area contributed by atoms with Crippen LogP contribution in [0.1, 0.15) is 54.9 Å². The maximum Gasteiger partial charge on any atom is 0.0338 e. The molecule has 0 amide bonds. The molecule has 0 aromatic rings. The summed E-state index contributed by atoms with van der Waals surface area (Å²) in [6.07, 6.45) is 1.26. The van der Waals surface area contributed by atoms with Gasteiger partial charge in [-0.25, -0.2) is 0 Å². The van der Waals surface area contributed by atoms with Crippen LogP contribution in [0.2, 0.25) is 0 Å². The molecule has 13 heavy (non-hydrogen) atoms. The van der Waals surface area contributed by atoms with Gasteiger partial charge in [-0.2, -0.15) is 0 Å². The van der Waals surface area contributed by atoms with Crippen LogP contribution in [0, 0.1) is 5.41 Å². The summed E-state index contributed by atoms with van der Waals surface area (Å²) in [6.45, 7) is 17.6. The van der Waals surface area contributed by atoms with E-state index >= 15 is 0 Å². The average Bonchev–Trinajstić information content (AvgIpc) is 2.33. The third-order valence-electron chi connectivity index (χ3n) is 4.34. The lowest BCUT2D eigenvalue weighted by Gasteiger charge is -2.25. The summed E-state index contributed by atoms with van der Waals surface area (Å²) in [5, 5.41) is 0. The van der Waals surface area contributed by atoms with Gasteiger partial charge in [0, 0.05) is 17.6 Å². The number of hydrogen-bond donors (Lipinski definition) is 0. The quantitative estimate of drug-likeness (QED) is 0.607. The third kappa shape index (κ3) is 1.63. The largest absolute Gasteiger partial charge is 0.289 e. The molecule has 0 N–H and O–H groups in total. The molecule has 0 aromatic carbocycles. The van der Waals surface area contributed by atoms with Gasteiger partial charge in [0.1, 0.15) is 0 Å². The second-order valence-electron chi connectivity index (χ2n) is 6.22. The Balaban J connectivity index is 2.61. The fourth-order valence-electron chi connectivity index (χ4n) is 1.96. The van der Waals surface area contributed by atoms with Crippen molar-refractivity contribution in [2.45, 2.75) is 66.0 Å². The molecule has 0 aromatic heterocycles. The highest BCUT2D eigenvalue weighted by Gasteiger charge is 2.63. The minimum absolute atomic E-state index is 0.402. The van der Waals surface area contributed by atoms with E-state index in [0.717, 1.165) is 0 Å². The average molecular weight is 183 g/mol. The molecular formula is C12H25N. The Morgan fingerprint density at radius 1 is 1.00 bits per heavy atom. The Hall–Kier alpha value is -0.0400. The Morgan fingerprint density at radius 2 is 1.38 bits per heavy atom. The van der Waals surface area contributed by atoms with E-state index in [1.54, 1.807) is 0 Å². The predicted octanol–water partition coefficient (Wildman–Crippen LogP) is 3.30. The summed E-state index contributed by atoms with van der Waals surface area (Å²) in [6, 6.07) is 0. The molecule has 0 aliphatic carbocycles. The molecule has 1 heterocycles. The smallest absolute Gasteiger partial charge is 0.0338 e. The fraction of sp³-hybridized carbons (Fsp3) is 1.00. The molecular weight excluding hydrogens is 158 g/mol. The molecule has 0 bridgehead atoms. The van der Waals surface area contributed by atoms with Gasteiger partial charge in [0.25, 0.3) is 0 Å². The standard InChI is InChI=1S/C12H25N/c1-8-10(2,3)9-13-11(4,5)12(13,6)7/h8-9H2,1-7H3. The van der Waals surface area contributed by atoms with Crippen LogP contribution in [0.4, 0.5) is 0 Å². The molecule has 0 radical (unpaired) electrons. The molecule has 0 atom stereocenters. The van der Waals surface area contributed by atoms with Crippen LogP contribution in [0.15, 0.2) is 0 Å². The monoisotopic (exact) mass is 183 g/mol. The molecule has 0 spiro atoms. The lowest BCUT2D eigenvalue weighted by molar-refractivity contribution is 0.240. The summed E-state index contributed by atoms with van der Waals surface area (Å²) >= 11 is 0. The predicted molar refractivity (Wildman–Crippen MR) is 58.9 cm³/mol. The van der Waals surface area contributed by atoms with Gasteiger partial charge >= 0.3 is 0 Å². The first kappa shape index (κ1) is 11.0. The van der Waals surface area contributed by atoms with Gasteiger partial charge in [-0.15, -0.1) is 0 Å². The maximum atomic E-state index is 2.61. The topological polar surface area (TPSA) is 3.01 Å². The van der Waals surface area contributed by atoms with Crippen LogP contribution in [-0.2, 0) is 0 Å². The van der Waals surface area contributed by atoms with Crippen molar-refractivity contribution in [1.29, 1.82) is 0 Å². The minimum Gasteiger partial charge on any atom is -0.289 e. The van der Waals surface area contributed by atoms with Crippen LogP contribution in [-0.4, -0.2) is 22.5 Å². The van der Waals surface area contributed by atoms with Crippen molar-refractivity contribution in [2.24, 2.45) is 5.41 Å². The van der Waals surface area contributed by atoms with E-state index in [0.29, 0.717) is 16.5 Å². The minimum atomic E-state index is 0.402. The Kier molecular flexibility index (Phi) is 2.31.